The van der Waals surface area contributed by atoms with E-state index in [1.807, 2.05) is 18.2 Å². The van der Waals surface area contributed by atoms with Crippen molar-refractivity contribution in [3.8, 4) is 0 Å². The van der Waals surface area contributed by atoms with Gasteiger partial charge in [-0.3, -0.25) is 19.2 Å². The molecule has 0 unspecified atom stereocenters. The molecule has 0 spiro atoms. The van der Waals surface area contributed by atoms with E-state index in [-0.39, 0.29) is 22.8 Å². The van der Waals surface area contributed by atoms with Gasteiger partial charge >= 0.3 is 11.4 Å². The van der Waals surface area contributed by atoms with E-state index < -0.39 is 4.92 Å². The van der Waals surface area contributed by atoms with Gasteiger partial charge in [-0.05, 0) is 30.7 Å². The lowest BCUT2D eigenvalue weighted by atomic mass is 10.1. The van der Waals surface area contributed by atoms with Crippen molar-refractivity contribution in [2.75, 3.05) is 0 Å². The van der Waals surface area contributed by atoms with Crippen LogP contribution in [0.4, 0.5) is 5.69 Å². The molecule has 8 nitrogen and oxygen atoms in total. The summed E-state index contributed by atoms with van der Waals surface area (Å²) >= 11 is 0. The Morgan fingerprint density at radius 1 is 1.22 bits per heavy atom. The zero-order valence-corrected chi connectivity index (χ0v) is 12.8. The first kappa shape index (κ1) is 14.8. The highest BCUT2D eigenvalue weighted by Gasteiger charge is 2.21. The molecule has 0 atom stereocenters. The molecule has 0 radical (unpaired) electrons. The average Bonchev–Trinajstić information content (AvgIpc) is 2.99. The number of rotatable bonds is 3. The van der Waals surface area contributed by atoms with E-state index in [0.717, 1.165) is 16.6 Å². The summed E-state index contributed by atoms with van der Waals surface area (Å²) in [4.78, 5) is 22.4. The fourth-order valence-electron chi connectivity index (χ4n) is 2.51. The van der Waals surface area contributed by atoms with Gasteiger partial charge < -0.3 is 4.52 Å². The Balaban J connectivity index is 2.04. The Morgan fingerprint density at radius 3 is 2.61 bits per heavy atom. The van der Waals surface area contributed by atoms with E-state index in [1.54, 1.807) is 29.3 Å². The minimum atomic E-state index is -0.518. The van der Waals surface area contributed by atoms with Crippen LogP contribution >= 0.6 is 0 Å². The van der Waals surface area contributed by atoms with Crippen molar-refractivity contribution in [2.24, 2.45) is 14.1 Å². The predicted molar refractivity (Wildman–Crippen MR) is 85.0 cm³/mol. The predicted octanol–water partition coefficient (Wildman–Crippen LogP) is 2.25. The highest BCUT2D eigenvalue weighted by Crippen LogP contribution is 2.25. The maximum Gasteiger partial charge on any atom is 0.338 e. The number of hydrogen-bond donors (Lipinski definition) is 0. The topological polar surface area (TPSA) is 96.1 Å². The quantitative estimate of drug-likeness (QED) is 0.545. The number of aryl methyl sites for hydroxylation is 3. The van der Waals surface area contributed by atoms with Gasteiger partial charge in [0.05, 0.1) is 16.0 Å². The van der Waals surface area contributed by atoms with E-state index in [1.165, 1.54) is 13.0 Å². The molecule has 3 rings (SSSR count). The maximum absolute atomic E-state index is 11.9. The lowest BCUT2D eigenvalue weighted by molar-refractivity contribution is -0.386. The molecule has 2 aromatic heterocycles. The monoisotopic (exact) mass is 314 g/mol. The second-order valence-electron chi connectivity index (χ2n) is 5.22. The molecule has 2 heterocycles. The smallest absolute Gasteiger partial charge is 0.338 e. The van der Waals surface area contributed by atoms with Crippen molar-refractivity contribution in [3.63, 3.8) is 0 Å². The molecular weight excluding hydrogens is 300 g/mol. The minimum Gasteiger partial charge on any atom is -0.349 e. The molecular formula is C15H14N4O4. The molecule has 8 heteroatoms. The van der Waals surface area contributed by atoms with Crippen LogP contribution < -0.4 is 5.69 Å². The lowest BCUT2D eigenvalue weighted by Crippen LogP contribution is -2.19. The van der Waals surface area contributed by atoms with Crippen LogP contribution in [0.5, 0.6) is 0 Å². The zero-order valence-electron chi connectivity index (χ0n) is 12.8. The first-order valence-corrected chi connectivity index (χ1v) is 6.84. The molecule has 118 valence electrons. The Labute approximate surface area is 130 Å². The van der Waals surface area contributed by atoms with Crippen molar-refractivity contribution >= 4 is 28.9 Å². The molecule has 0 saturated carbocycles. The van der Waals surface area contributed by atoms with Crippen LogP contribution in [0.2, 0.25) is 0 Å². The second kappa shape index (κ2) is 5.24. The third-order valence-electron chi connectivity index (χ3n) is 3.76. The number of nitrogens with zero attached hydrogens (tertiary/aromatic N) is 4. The number of nitro groups is 1. The third-order valence-corrected chi connectivity index (χ3v) is 3.76. The van der Waals surface area contributed by atoms with Gasteiger partial charge in [-0.25, -0.2) is 4.79 Å². The minimum absolute atomic E-state index is 0.0922. The number of benzene rings is 1. The summed E-state index contributed by atoms with van der Waals surface area (Å²) in [5, 5.41) is 14.6. The Morgan fingerprint density at radius 2 is 1.91 bits per heavy atom. The summed E-state index contributed by atoms with van der Waals surface area (Å²) in [7, 11) is 3.41. The molecule has 0 aliphatic heterocycles. The molecule has 23 heavy (non-hydrogen) atoms. The van der Waals surface area contributed by atoms with Crippen molar-refractivity contribution in [1.29, 1.82) is 0 Å². The Hall–Kier alpha value is -3.16. The van der Waals surface area contributed by atoms with E-state index in [2.05, 4.69) is 5.16 Å². The van der Waals surface area contributed by atoms with Gasteiger partial charge in [-0.15, -0.1) is 0 Å². The molecule has 0 amide bonds. The van der Waals surface area contributed by atoms with Gasteiger partial charge in [0, 0.05) is 14.1 Å². The third kappa shape index (κ3) is 2.33. The van der Waals surface area contributed by atoms with Crippen LogP contribution in [0.3, 0.4) is 0 Å². The van der Waals surface area contributed by atoms with E-state index in [4.69, 9.17) is 4.52 Å². The second-order valence-corrected chi connectivity index (χ2v) is 5.22. The molecule has 0 N–H and O–H groups in total. The summed E-state index contributed by atoms with van der Waals surface area (Å²) in [5.41, 5.74) is 2.37. The summed E-state index contributed by atoms with van der Waals surface area (Å²) < 4.78 is 8.09. The number of hydrogen-bond acceptors (Lipinski definition) is 5. The summed E-state index contributed by atoms with van der Waals surface area (Å²) in [6.07, 6.45) is 3.18. The van der Waals surface area contributed by atoms with Gasteiger partial charge in [-0.2, -0.15) is 0 Å². The van der Waals surface area contributed by atoms with Crippen molar-refractivity contribution in [2.45, 2.75) is 6.92 Å². The van der Waals surface area contributed by atoms with E-state index in [0.29, 0.717) is 0 Å². The molecule has 0 bridgehead atoms. The number of imidazole rings is 1. The van der Waals surface area contributed by atoms with Crippen molar-refractivity contribution < 1.29 is 9.45 Å². The lowest BCUT2D eigenvalue weighted by Gasteiger charge is -1.97. The fraction of sp³-hybridized carbons (Fsp3) is 0.200. The van der Waals surface area contributed by atoms with E-state index >= 15 is 0 Å². The van der Waals surface area contributed by atoms with Gasteiger partial charge in [0.1, 0.15) is 0 Å². The fourth-order valence-corrected chi connectivity index (χ4v) is 2.51. The molecule has 1 aromatic carbocycles. The maximum atomic E-state index is 11.9. The molecule has 3 aromatic rings. The number of aromatic nitrogens is 3. The van der Waals surface area contributed by atoms with Crippen molar-refractivity contribution in [3.05, 3.63) is 55.8 Å². The SMILES string of the molecule is Cc1noc(/C=C/c2ccc3c(c2)n(C)c(=O)n3C)c1[N+](=O)[O-]. The van der Waals surface area contributed by atoms with Gasteiger partial charge in [-0.1, -0.05) is 17.3 Å². The van der Waals surface area contributed by atoms with Crippen LogP contribution in [0.15, 0.2) is 27.5 Å². The Bertz CT molecular complexity index is 1010. The molecule has 0 saturated heterocycles. The summed E-state index contributed by atoms with van der Waals surface area (Å²) in [6.45, 7) is 1.52. The normalized spacial score (nSPS) is 11.6. The average molecular weight is 314 g/mol. The largest absolute Gasteiger partial charge is 0.349 e. The van der Waals surface area contributed by atoms with Crippen LogP contribution in [0.1, 0.15) is 17.0 Å². The molecule has 0 aliphatic rings. The summed E-state index contributed by atoms with van der Waals surface area (Å²) in [6, 6.07) is 5.49. The standard InChI is InChI=1S/C15H14N4O4/c1-9-14(19(21)22)13(23-16-9)7-5-10-4-6-11-12(8-10)18(3)15(20)17(11)2/h4-8H,1-3H3/b7-5+. The van der Waals surface area contributed by atoms with Gasteiger partial charge in [0.15, 0.2) is 5.69 Å². The van der Waals surface area contributed by atoms with E-state index in [9.17, 15) is 14.9 Å². The first-order valence-electron chi connectivity index (χ1n) is 6.84. The zero-order chi connectivity index (χ0) is 16.7. The summed E-state index contributed by atoms with van der Waals surface area (Å²) in [5.74, 6) is 0.0922. The van der Waals surface area contributed by atoms with Gasteiger partial charge in [0.25, 0.3) is 0 Å². The highest BCUT2D eigenvalue weighted by molar-refractivity contribution is 5.81. The first-order chi connectivity index (χ1) is 10.9. The van der Waals surface area contributed by atoms with Crippen molar-refractivity contribution in [1.82, 2.24) is 14.3 Å². The van der Waals surface area contributed by atoms with Crippen LogP contribution in [0.25, 0.3) is 23.2 Å². The highest BCUT2D eigenvalue weighted by atomic mass is 16.6. The molecule has 0 fully saturated rings. The molecule has 0 aliphatic carbocycles. The Kier molecular flexibility index (Phi) is 3.36. The van der Waals surface area contributed by atoms with Gasteiger partial charge in [0.2, 0.25) is 5.76 Å². The van der Waals surface area contributed by atoms with Crippen LogP contribution in [-0.4, -0.2) is 19.2 Å². The van der Waals surface area contributed by atoms with Crippen LogP contribution in [0, 0.1) is 17.0 Å². The van der Waals surface area contributed by atoms with Crippen LogP contribution in [-0.2, 0) is 14.1 Å². The number of fused-ring (bicyclic) bond motifs is 1.